The molecule has 112 valence electrons. The minimum atomic E-state index is -0.446. The Morgan fingerprint density at radius 1 is 1.50 bits per heavy atom. The van der Waals surface area contributed by atoms with Gasteiger partial charge in [-0.15, -0.1) is 0 Å². The summed E-state index contributed by atoms with van der Waals surface area (Å²) in [5, 5.41) is 7.49. The quantitative estimate of drug-likeness (QED) is 0.890. The van der Waals surface area contributed by atoms with Gasteiger partial charge in [-0.3, -0.25) is 4.68 Å². The van der Waals surface area contributed by atoms with Crippen LogP contribution in [0.1, 0.15) is 27.2 Å². The van der Waals surface area contributed by atoms with E-state index in [-0.39, 0.29) is 12.1 Å². The summed E-state index contributed by atoms with van der Waals surface area (Å²) < 4.78 is 7.21. The topological polar surface area (TPSA) is 72.3 Å². The summed E-state index contributed by atoms with van der Waals surface area (Å²) in [7, 11) is 0. The van der Waals surface area contributed by atoms with Gasteiger partial charge in [-0.05, 0) is 27.2 Å². The van der Waals surface area contributed by atoms with E-state index < -0.39 is 5.60 Å². The van der Waals surface area contributed by atoms with E-state index in [0.29, 0.717) is 13.1 Å². The first-order valence-corrected chi connectivity index (χ1v) is 6.98. The molecule has 1 aliphatic rings. The highest BCUT2D eigenvalue weighted by molar-refractivity contribution is 5.68. The fourth-order valence-corrected chi connectivity index (χ4v) is 2.15. The van der Waals surface area contributed by atoms with Gasteiger partial charge in [-0.1, -0.05) is 0 Å². The summed E-state index contributed by atoms with van der Waals surface area (Å²) >= 11 is 0. The van der Waals surface area contributed by atoms with Crippen LogP contribution in [0.15, 0.2) is 12.7 Å². The predicted molar refractivity (Wildman–Crippen MR) is 74.2 cm³/mol. The highest BCUT2D eigenvalue weighted by atomic mass is 16.6. The zero-order valence-corrected chi connectivity index (χ0v) is 12.4. The molecule has 1 aromatic rings. The predicted octanol–water partition coefficient (Wildman–Crippen LogP) is 0.877. The number of hydrogen-bond donors (Lipinski definition) is 1. The largest absolute Gasteiger partial charge is 0.444 e. The average molecular weight is 281 g/mol. The minimum Gasteiger partial charge on any atom is -0.444 e. The molecule has 1 aliphatic heterocycles. The van der Waals surface area contributed by atoms with Crippen LogP contribution in [0.5, 0.6) is 0 Å². The number of aromatic nitrogens is 3. The monoisotopic (exact) mass is 281 g/mol. The Kier molecular flexibility index (Phi) is 4.59. The molecule has 7 nitrogen and oxygen atoms in total. The Hall–Kier alpha value is -1.63. The van der Waals surface area contributed by atoms with Crippen molar-refractivity contribution in [2.24, 2.45) is 0 Å². The van der Waals surface area contributed by atoms with Crippen LogP contribution in [0.3, 0.4) is 0 Å². The molecule has 0 saturated carbocycles. The van der Waals surface area contributed by atoms with Crippen LogP contribution >= 0.6 is 0 Å². The molecule has 0 radical (unpaired) electrons. The number of carbonyl (C=O) groups excluding carboxylic acids is 1. The second-order valence-corrected chi connectivity index (χ2v) is 6.02. The molecule has 0 bridgehead atoms. The molecule has 1 N–H and O–H groups in total. The molecule has 7 heteroatoms. The average Bonchev–Trinajstić information content (AvgIpc) is 2.88. The van der Waals surface area contributed by atoms with Crippen molar-refractivity contribution in [3.63, 3.8) is 0 Å². The second-order valence-electron chi connectivity index (χ2n) is 6.02. The summed E-state index contributed by atoms with van der Waals surface area (Å²) in [6, 6.07) is 0.264. The molecule has 1 fully saturated rings. The van der Waals surface area contributed by atoms with Crippen molar-refractivity contribution in [1.29, 1.82) is 0 Å². The summed E-state index contributed by atoms with van der Waals surface area (Å²) in [6.07, 6.45) is 3.91. The van der Waals surface area contributed by atoms with Crippen LogP contribution in [0.2, 0.25) is 0 Å². The van der Waals surface area contributed by atoms with Crippen LogP contribution < -0.4 is 5.32 Å². The van der Waals surface area contributed by atoms with Crippen LogP contribution in [-0.2, 0) is 11.3 Å². The third kappa shape index (κ3) is 4.48. The lowest BCUT2D eigenvalue weighted by Gasteiger charge is -2.34. The van der Waals surface area contributed by atoms with Gasteiger partial charge in [0.15, 0.2) is 0 Å². The third-order valence-corrected chi connectivity index (χ3v) is 3.08. The van der Waals surface area contributed by atoms with E-state index >= 15 is 0 Å². The van der Waals surface area contributed by atoms with Gasteiger partial charge in [-0.25, -0.2) is 9.78 Å². The first-order valence-electron chi connectivity index (χ1n) is 6.98. The standard InChI is InChI=1S/C13H23N5O2/c1-13(2,3)20-12(19)17-7-5-15-11(8-17)4-6-18-10-14-9-16-18/h9-11,15H,4-8H2,1-3H3. The summed E-state index contributed by atoms with van der Waals surface area (Å²) in [5.41, 5.74) is -0.446. The van der Waals surface area contributed by atoms with Gasteiger partial charge >= 0.3 is 6.09 Å². The maximum atomic E-state index is 12.0. The molecule has 2 heterocycles. The molecule has 0 spiro atoms. The molecule has 2 rings (SSSR count). The number of nitrogens with one attached hydrogen (secondary N) is 1. The lowest BCUT2D eigenvalue weighted by molar-refractivity contribution is 0.0191. The minimum absolute atomic E-state index is 0.232. The SMILES string of the molecule is CC(C)(C)OC(=O)N1CCNC(CCn2cncn2)C1. The van der Waals surface area contributed by atoms with E-state index in [1.54, 1.807) is 15.9 Å². The Labute approximate surface area is 119 Å². The number of rotatable bonds is 3. The van der Waals surface area contributed by atoms with Crippen LogP contribution in [0.25, 0.3) is 0 Å². The molecule has 1 aromatic heterocycles. The second kappa shape index (κ2) is 6.21. The fourth-order valence-electron chi connectivity index (χ4n) is 2.15. The molecular formula is C13H23N5O2. The van der Waals surface area contributed by atoms with Crippen LogP contribution in [0.4, 0.5) is 4.79 Å². The molecule has 1 saturated heterocycles. The molecular weight excluding hydrogens is 258 g/mol. The van der Waals surface area contributed by atoms with Gasteiger partial charge in [0, 0.05) is 32.2 Å². The smallest absolute Gasteiger partial charge is 0.410 e. The van der Waals surface area contributed by atoms with E-state index in [4.69, 9.17) is 4.74 Å². The summed E-state index contributed by atoms with van der Waals surface area (Å²) in [4.78, 5) is 17.7. The highest BCUT2D eigenvalue weighted by Crippen LogP contribution is 2.12. The maximum absolute atomic E-state index is 12.0. The molecule has 20 heavy (non-hydrogen) atoms. The van der Waals surface area contributed by atoms with E-state index in [2.05, 4.69) is 15.4 Å². The number of nitrogens with zero attached hydrogens (tertiary/aromatic N) is 4. The zero-order valence-electron chi connectivity index (χ0n) is 12.4. The van der Waals surface area contributed by atoms with E-state index in [1.165, 1.54) is 6.33 Å². The Morgan fingerprint density at radius 2 is 2.30 bits per heavy atom. The Bertz CT molecular complexity index is 426. The molecule has 1 amide bonds. The van der Waals surface area contributed by atoms with Crippen molar-refractivity contribution >= 4 is 6.09 Å². The lowest BCUT2D eigenvalue weighted by atomic mass is 10.1. The molecule has 1 unspecified atom stereocenters. The van der Waals surface area contributed by atoms with Gasteiger partial charge in [0.25, 0.3) is 0 Å². The van der Waals surface area contributed by atoms with Crippen molar-refractivity contribution in [3.05, 3.63) is 12.7 Å². The van der Waals surface area contributed by atoms with Gasteiger partial charge in [0.1, 0.15) is 18.3 Å². The van der Waals surface area contributed by atoms with Crippen LogP contribution in [0, 0.1) is 0 Å². The maximum Gasteiger partial charge on any atom is 0.410 e. The van der Waals surface area contributed by atoms with Crippen molar-refractivity contribution in [1.82, 2.24) is 25.0 Å². The van der Waals surface area contributed by atoms with Crippen molar-refractivity contribution < 1.29 is 9.53 Å². The Morgan fingerprint density at radius 3 is 2.95 bits per heavy atom. The number of hydrogen-bond acceptors (Lipinski definition) is 5. The van der Waals surface area contributed by atoms with Crippen molar-refractivity contribution in [3.8, 4) is 0 Å². The third-order valence-electron chi connectivity index (χ3n) is 3.08. The number of ether oxygens (including phenoxy) is 1. The Balaban J connectivity index is 1.80. The first-order chi connectivity index (χ1) is 9.44. The van der Waals surface area contributed by atoms with Crippen molar-refractivity contribution in [2.75, 3.05) is 19.6 Å². The molecule has 0 aliphatic carbocycles. The van der Waals surface area contributed by atoms with E-state index in [1.807, 2.05) is 20.8 Å². The highest BCUT2D eigenvalue weighted by Gasteiger charge is 2.27. The number of aryl methyl sites for hydroxylation is 1. The van der Waals surface area contributed by atoms with Crippen molar-refractivity contribution in [2.45, 2.75) is 45.4 Å². The van der Waals surface area contributed by atoms with E-state index in [0.717, 1.165) is 19.5 Å². The van der Waals surface area contributed by atoms with Crippen LogP contribution in [-0.4, -0.2) is 57.0 Å². The summed E-state index contributed by atoms with van der Waals surface area (Å²) in [5.74, 6) is 0. The normalized spacial score (nSPS) is 19.9. The van der Waals surface area contributed by atoms with Gasteiger partial charge in [0.05, 0.1) is 0 Å². The first kappa shape index (κ1) is 14.8. The van der Waals surface area contributed by atoms with Gasteiger partial charge in [0.2, 0.25) is 0 Å². The molecule has 0 aromatic carbocycles. The summed E-state index contributed by atoms with van der Waals surface area (Å²) in [6.45, 7) is 8.60. The number of piperazine rings is 1. The zero-order chi connectivity index (χ0) is 14.6. The molecule has 1 atom stereocenters. The fraction of sp³-hybridized carbons (Fsp3) is 0.769. The van der Waals surface area contributed by atoms with E-state index in [9.17, 15) is 4.79 Å². The lowest BCUT2D eigenvalue weighted by Crippen LogP contribution is -2.53. The van der Waals surface area contributed by atoms with Gasteiger partial charge in [-0.2, -0.15) is 5.10 Å². The number of amides is 1. The van der Waals surface area contributed by atoms with Gasteiger partial charge < -0.3 is 15.0 Å². The number of carbonyl (C=O) groups is 1.